The van der Waals surface area contributed by atoms with Crippen LogP contribution in [0.2, 0.25) is 0 Å². The fraction of sp³-hybridized carbons (Fsp3) is 0.659. The molecule has 0 aliphatic carbocycles. The van der Waals surface area contributed by atoms with Gasteiger partial charge in [-0.2, -0.15) is 0 Å². The van der Waals surface area contributed by atoms with Crippen LogP contribution >= 0.6 is 0 Å². The van der Waals surface area contributed by atoms with Gasteiger partial charge in [0.15, 0.2) is 0 Å². The molecule has 6 heteroatoms. The second-order valence-corrected chi connectivity index (χ2v) is 12.2. The average molecular weight is 657 g/mol. The zero-order valence-electron chi connectivity index (χ0n) is 29.9. The van der Waals surface area contributed by atoms with Gasteiger partial charge in [0.25, 0.3) is 0 Å². The summed E-state index contributed by atoms with van der Waals surface area (Å²) >= 11 is 0. The van der Waals surface area contributed by atoms with Crippen molar-refractivity contribution in [1.82, 2.24) is 0 Å². The standard InChI is InChI=1S/C41H68O6/c1-3-5-7-8-9-10-11-13-17-20-23-26-30-34-40(44)46-36-39(43)37-47-41(45)35-31-27-24-21-18-15-12-14-16-19-22-25-29-33-38(42)32-28-6-4-2/h6,14-16,18,22,24-25,27-29,33,38-39,42-43H,3-5,7-13,17,19-21,23,26,30-32,34-37H2,1-2H3/b16-14-,18-15-,25-22+,27-24-,28-6-,33-29+/t38?,39-/m0/s1. The zero-order chi connectivity index (χ0) is 34.5. The van der Waals surface area contributed by atoms with Crippen molar-refractivity contribution in [2.45, 2.75) is 161 Å². The lowest BCUT2D eigenvalue weighted by Gasteiger charge is -2.12. The Morgan fingerprint density at radius 1 is 0.553 bits per heavy atom. The van der Waals surface area contributed by atoms with Gasteiger partial charge in [-0.1, -0.05) is 164 Å². The molecule has 2 N–H and O–H groups in total. The van der Waals surface area contributed by atoms with Gasteiger partial charge in [0, 0.05) is 12.8 Å². The third kappa shape index (κ3) is 36.0. The van der Waals surface area contributed by atoms with Crippen molar-refractivity contribution in [3.05, 3.63) is 72.9 Å². The molecule has 268 valence electrons. The smallest absolute Gasteiger partial charge is 0.306 e. The molecule has 0 fully saturated rings. The average Bonchev–Trinajstić information content (AvgIpc) is 3.06. The van der Waals surface area contributed by atoms with Crippen LogP contribution in [0, 0.1) is 0 Å². The first kappa shape index (κ1) is 44.3. The number of aliphatic hydroxyl groups is 2. The number of ether oxygens (including phenoxy) is 2. The van der Waals surface area contributed by atoms with Crippen LogP contribution in [0.25, 0.3) is 0 Å². The molecule has 0 radical (unpaired) electrons. The molecule has 6 nitrogen and oxygen atoms in total. The second-order valence-electron chi connectivity index (χ2n) is 12.2. The number of aliphatic hydroxyl groups excluding tert-OH is 2. The molecule has 0 saturated heterocycles. The molecule has 0 spiro atoms. The van der Waals surface area contributed by atoms with Gasteiger partial charge in [0.05, 0.1) is 6.10 Å². The third-order valence-electron chi connectivity index (χ3n) is 7.55. The van der Waals surface area contributed by atoms with E-state index in [1.54, 1.807) is 6.08 Å². The van der Waals surface area contributed by atoms with Crippen LogP contribution in [0.15, 0.2) is 72.9 Å². The van der Waals surface area contributed by atoms with Crippen molar-refractivity contribution in [2.75, 3.05) is 13.2 Å². The van der Waals surface area contributed by atoms with Crippen molar-refractivity contribution in [3.63, 3.8) is 0 Å². The van der Waals surface area contributed by atoms with Crippen molar-refractivity contribution in [2.24, 2.45) is 0 Å². The summed E-state index contributed by atoms with van der Waals surface area (Å²) in [4.78, 5) is 23.8. The van der Waals surface area contributed by atoms with E-state index in [9.17, 15) is 19.8 Å². The number of allylic oxidation sites excluding steroid dienone is 10. The topological polar surface area (TPSA) is 93.1 Å². The monoisotopic (exact) mass is 657 g/mol. The van der Waals surface area contributed by atoms with Crippen LogP contribution in [-0.4, -0.2) is 47.6 Å². The number of esters is 2. The number of carbonyl (C=O) groups is 2. The summed E-state index contributed by atoms with van der Waals surface area (Å²) in [5.41, 5.74) is 0. The Labute approximate surface area is 287 Å². The third-order valence-corrected chi connectivity index (χ3v) is 7.55. The Morgan fingerprint density at radius 2 is 1.04 bits per heavy atom. The van der Waals surface area contributed by atoms with E-state index < -0.39 is 12.2 Å². The molecule has 0 aliphatic heterocycles. The van der Waals surface area contributed by atoms with Gasteiger partial charge >= 0.3 is 11.9 Å². The number of unbranched alkanes of at least 4 members (excludes halogenated alkanes) is 12. The van der Waals surface area contributed by atoms with E-state index in [-0.39, 0.29) is 31.6 Å². The minimum Gasteiger partial charge on any atom is -0.463 e. The largest absolute Gasteiger partial charge is 0.463 e. The highest BCUT2D eigenvalue weighted by molar-refractivity contribution is 5.70. The van der Waals surface area contributed by atoms with E-state index in [2.05, 4.69) is 50.3 Å². The van der Waals surface area contributed by atoms with Gasteiger partial charge in [-0.3, -0.25) is 9.59 Å². The predicted molar refractivity (Wildman–Crippen MR) is 197 cm³/mol. The normalized spacial score (nSPS) is 13.7. The maximum absolute atomic E-state index is 11.9. The Kier molecular flexibility index (Phi) is 34.1. The first-order valence-corrected chi connectivity index (χ1v) is 18.6. The maximum atomic E-state index is 11.9. The number of hydrogen-bond donors (Lipinski definition) is 2. The molecule has 0 aliphatic rings. The fourth-order valence-electron chi connectivity index (χ4n) is 4.72. The first-order valence-electron chi connectivity index (χ1n) is 18.6. The molecule has 0 aromatic heterocycles. The van der Waals surface area contributed by atoms with Gasteiger partial charge in [0.2, 0.25) is 0 Å². The zero-order valence-corrected chi connectivity index (χ0v) is 29.9. The quantitative estimate of drug-likeness (QED) is 0.0324. The van der Waals surface area contributed by atoms with Gasteiger partial charge in [-0.25, -0.2) is 0 Å². The second kappa shape index (κ2) is 36.1. The molecule has 0 rings (SSSR count). The molecule has 47 heavy (non-hydrogen) atoms. The van der Waals surface area contributed by atoms with Crippen LogP contribution < -0.4 is 0 Å². The summed E-state index contributed by atoms with van der Waals surface area (Å²) in [5.74, 6) is -0.685. The maximum Gasteiger partial charge on any atom is 0.306 e. The first-order chi connectivity index (χ1) is 23.0. The Morgan fingerprint density at radius 3 is 1.60 bits per heavy atom. The van der Waals surface area contributed by atoms with Crippen molar-refractivity contribution in [3.8, 4) is 0 Å². The van der Waals surface area contributed by atoms with Gasteiger partial charge in [-0.05, 0) is 44.9 Å². The lowest BCUT2D eigenvalue weighted by atomic mass is 10.0. The highest BCUT2D eigenvalue weighted by Gasteiger charge is 2.11. The van der Waals surface area contributed by atoms with Crippen LogP contribution in [0.1, 0.15) is 149 Å². The van der Waals surface area contributed by atoms with E-state index in [1.165, 1.54) is 64.2 Å². The summed E-state index contributed by atoms with van der Waals surface area (Å²) in [6, 6.07) is 0. The lowest BCUT2D eigenvalue weighted by molar-refractivity contribution is -0.152. The van der Waals surface area contributed by atoms with Crippen molar-refractivity contribution < 1.29 is 29.3 Å². The number of carbonyl (C=O) groups excluding carboxylic acids is 2. The Bertz CT molecular complexity index is 898. The van der Waals surface area contributed by atoms with Gasteiger partial charge in [-0.15, -0.1) is 0 Å². The molecule has 0 amide bonds. The summed E-state index contributed by atoms with van der Waals surface area (Å²) in [6.45, 7) is 4.01. The molecular weight excluding hydrogens is 588 g/mol. The highest BCUT2D eigenvalue weighted by atomic mass is 16.6. The van der Waals surface area contributed by atoms with E-state index >= 15 is 0 Å². The van der Waals surface area contributed by atoms with Crippen molar-refractivity contribution in [1.29, 1.82) is 0 Å². The molecule has 2 atom stereocenters. The molecular formula is C41H68O6. The summed E-state index contributed by atoms with van der Waals surface area (Å²) in [6.07, 6.45) is 44.3. The van der Waals surface area contributed by atoms with E-state index in [0.717, 1.165) is 44.9 Å². The summed E-state index contributed by atoms with van der Waals surface area (Å²) < 4.78 is 10.2. The molecule has 0 aromatic rings. The van der Waals surface area contributed by atoms with E-state index in [4.69, 9.17) is 9.47 Å². The van der Waals surface area contributed by atoms with Gasteiger partial charge in [0.1, 0.15) is 19.3 Å². The van der Waals surface area contributed by atoms with Crippen LogP contribution in [0.5, 0.6) is 0 Å². The van der Waals surface area contributed by atoms with Crippen LogP contribution in [0.3, 0.4) is 0 Å². The summed E-state index contributed by atoms with van der Waals surface area (Å²) in [7, 11) is 0. The van der Waals surface area contributed by atoms with Gasteiger partial charge < -0.3 is 19.7 Å². The molecule has 0 saturated carbocycles. The SMILES string of the molecule is CC/C=C\CC(O)/C=C/C=C/C/C=C\C/C=C\C/C=C\CCC(=O)OC[C@@H](O)COC(=O)CCCCCCCCCCCCCCC. The van der Waals surface area contributed by atoms with E-state index in [1.807, 2.05) is 30.4 Å². The Balaban J connectivity index is 3.65. The summed E-state index contributed by atoms with van der Waals surface area (Å²) in [5, 5.41) is 19.8. The molecule has 1 unspecified atom stereocenters. The van der Waals surface area contributed by atoms with Crippen LogP contribution in [-0.2, 0) is 19.1 Å². The van der Waals surface area contributed by atoms with E-state index in [0.29, 0.717) is 19.3 Å². The lowest BCUT2D eigenvalue weighted by Crippen LogP contribution is -2.25. The number of hydrogen-bond acceptors (Lipinski definition) is 6. The highest BCUT2D eigenvalue weighted by Crippen LogP contribution is 2.13. The minimum atomic E-state index is -1.01. The van der Waals surface area contributed by atoms with Crippen LogP contribution in [0.4, 0.5) is 0 Å². The number of rotatable bonds is 32. The molecule has 0 bridgehead atoms. The minimum absolute atomic E-state index is 0.150. The Hall–Kier alpha value is -2.70. The molecule has 0 aromatic carbocycles. The fourth-order valence-corrected chi connectivity index (χ4v) is 4.72. The molecule has 0 heterocycles. The van der Waals surface area contributed by atoms with Crippen molar-refractivity contribution >= 4 is 11.9 Å². The predicted octanol–water partition coefficient (Wildman–Crippen LogP) is 10.4.